The summed E-state index contributed by atoms with van der Waals surface area (Å²) in [5, 5.41) is 22.1. The summed E-state index contributed by atoms with van der Waals surface area (Å²) in [6, 6.07) is 9.19. The Bertz CT molecular complexity index is 1290. The van der Waals surface area contributed by atoms with Gasteiger partial charge in [0.15, 0.2) is 0 Å². The molecule has 0 atom stereocenters. The molecule has 3 rings (SSSR count). The van der Waals surface area contributed by atoms with Gasteiger partial charge in [-0.1, -0.05) is 22.9 Å². The number of nitrogens with one attached hydrogen (secondary N) is 1. The Morgan fingerprint density at radius 3 is 2.55 bits per heavy atom. The monoisotopic (exact) mass is 488 g/mol. The van der Waals surface area contributed by atoms with E-state index in [1.165, 1.54) is 25.3 Å². The summed E-state index contributed by atoms with van der Waals surface area (Å²) in [4.78, 5) is 41.7. The summed E-state index contributed by atoms with van der Waals surface area (Å²) in [7, 11) is 1.49. The number of methoxy groups -OCH3 is 1. The Kier molecular flexibility index (Phi) is 6.35. The van der Waals surface area contributed by atoms with E-state index in [9.17, 15) is 24.8 Å². The molecule has 0 bridgehead atoms. The summed E-state index contributed by atoms with van der Waals surface area (Å²) in [6.07, 6.45) is 1.45. The van der Waals surface area contributed by atoms with Crippen LogP contribution in [0.3, 0.4) is 0 Å². The molecule has 0 aliphatic rings. The molecule has 31 heavy (non-hydrogen) atoms. The van der Waals surface area contributed by atoms with E-state index in [2.05, 4.69) is 25.9 Å². The number of aromatic amines is 1. The largest absolute Gasteiger partial charge is 0.497 e. The van der Waals surface area contributed by atoms with Crippen LogP contribution in [0.1, 0.15) is 18.1 Å². The summed E-state index contributed by atoms with van der Waals surface area (Å²) >= 11 is 3.23. The van der Waals surface area contributed by atoms with Crippen molar-refractivity contribution in [3.8, 4) is 17.3 Å². The minimum absolute atomic E-state index is 0.0525. The molecule has 0 saturated carbocycles. The Morgan fingerprint density at radius 1 is 1.29 bits per heavy atom. The zero-order valence-corrected chi connectivity index (χ0v) is 18.0. The molecular weight excluding hydrogens is 472 g/mol. The molecule has 2 N–H and O–H groups in total. The van der Waals surface area contributed by atoms with Gasteiger partial charge in [0.1, 0.15) is 17.0 Å². The van der Waals surface area contributed by atoms with Crippen molar-refractivity contribution in [2.75, 3.05) is 7.11 Å². The number of aryl methyl sites for hydroxylation is 1. The van der Waals surface area contributed by atoms with Crippen molar-refractivity contribution in [1.82, 2.24) is 9.55 Å². The van der Waals surface area contributed by atoms with Crippen LogP contribution in [0, 0.1) is 10.1 Å². The van der Waals surface area contributed by atoms with Crippen LogP contribution in [0.4, 0.5) is 11.4 Å². The fraction of sp³-hybridized carbons (Fsp3) is 0.150. The molecule has 11 heteroatoms. The first kappa shape index (κ1) is 22.0. The molecule has 0 radical (unpaired) electrons. The van der Waals surface area contributed by atoms with Gasteiger partial charge in [-0.3, -0.25) is 19.9 Å². The summed E-state index contributed by atoms with van der Waals surface area (Å²) in [6.45, 7) is 1.80. The Labute approximate surface area is 183 Å². The molecule has 1 heterocycles. The van der Waals surface area contributed by atoms with Gasteiger partial charge in [-0.05, 0) is 42.3 Å². The van der Waals surface area contributed by atoms with Gasteiger partial charge in [-0.2, -0.15) is 0 Å². The quantitative estimate of drug-likeness (QED) is 0.310. The molecule has 0 aliphatic heterocycles. The minimum atomic E-state index is -0.881. The van der Waals surface area contributed by atoms with Crippen LogP contribution in [0.25, 0.3) is 5.69 Å². The highest BCUT2D eigenvalue weighted by atomic mass is 79.9. The van der Waals surface area contributed by atoms with Crippen molar-refractivity contribution in [2.45, 2.75) is 13.3 Å². The van der Waals surface area contributed by atoms with Crippen molar-refractivity contribution in [2.24, 2.45) is 4.99 Å². The van der Waals surface area contributed by atoms with E-state index in [-0.39, 0.29) is 22.6 Å². The average molecular weight is 489 g/mol. The number of halogens is 1. The third-order valence-corrected chi connectivity index (χ3v) is 4.94. The average Bonchev–Trinajstić information content (AvgIpc) is 2.74. The third kappa shape index (κ3) is 4.40. The molecule has 0 spiro atoms. The van der Waals surface area contributed by atoms with Gasteiger partial charge in [0.05, 0.1) is 17.7 Å². The van der Waals surface area contributed by atoms with E-state index >= 15 is 0 Å². The Hall–Kier alpha value is -3.73. The number of H-pyrrole nitrogens is 1. The minimum Gasteiger partial charge on any atom is -0.497 e. The summed E-state index contributed by atoms with van der Waals surface area (Å²) < 4.78 is 6.47. The highest BCUT2D eigenvalue weighted by molar-refractivity contribution is 9.10. The van der Waals surface area contributed by atoms with Gasteiger partial charge >= 0.3 is 5.69 Å². The molecule has 0 aliphatic carbocycles. The Morgan fingerprint density at radius 2 is 1.97 bits per heavy atom. The second kappa shape index (κ2) is 8.96. The lowest BCUT2D eigenvalue weighted by molar-refractivity contribution is -0.384. The highest BCUT2D eigenvalue weighted by Gasteiger charge is 2.19. The van der Waals surface area contributed by atoms with Crippen LogP contribution in [0.2, 0.25) is 0 Å². The first-order chi connectivity index (χ1) is 14.8. The first-order valence-electron chi connectivity index (χ1n) is 9.00. The lowest BCUT2D eigenvalue weighted by Gasteiger charge is -2.10. The van der Waals surface area contributed by atoms with Crippen LogP contribution < -0.4 is 16.0 Å². The van der Waals surface area contributed by atoms with Crippen LogP contribution in [-0.2, 0) is 6.42 Å². The summed E-state index contributed by atoms with van der Waals surface area (Å²) in [5.74, 6) is -0.113. The third-order valence-electron chi connectivity index (χ3n) is 4.49. The molecule has 10 nitrogen and oxygen atoms in total. The highest BCUT2D eigenvalue weighted by Crippen LogP contribution is 2.35. The van der Waals surface area contributed by atoms with Crippen LogP contribution >= 0.6 is 15.9 Å². The van der Waals surface area contributed by atoms with Gasteiger partial charge in [-0.25, -0.2) is 14.4 Å². The predicted octanol–water partition coefficient (Wildman–Crippen LogP) is 3.22. The second-order valence-electron chi connectivity index (χ2n) is 6.33. The van der Waals surface area contributed by atoms with Crippen molar-refractivity contribution < 1.29 is 14.8 Å². The first-order valence-corrected chi connectivity index (χ1v) is 9.79. The Balaban J connectivity index is 2.17. The van der Waals surface area contributed by atoms with E-state index in [0.29, 0.717) is 22.2 Å². The van der Waals surface area contributed by atoms with E-state index in [1.807, 2.05) is 0 Å². The van der Waals surface area contributed by atoms with Gasteiger partial charge in [0.2, 0.25) is 5.88 Å². The molecular formula is C20H17BrN4O6. The van der Waals surface area contributed by atoms with E-state index in [4.69, 9.17) is 4.74 Å². The lowest BCUT2D eigenvalue weighted by atomic mass is 10.1. The number of nitro groups is 1. The number of rotatable bonds is 6. The number of benzene rings is 2. The lowest BCUT2D eigenvalue weighted by Crippen LogP contribution is -2.31. The number of hydrogen-bond donors (Lipinski definition) is 2. The predicted molar refractivity (Wildman–Crippen MR) is 118 cm³/mol. The number of hydrogen-bond acceptors (Lipinski definition) is 7. The maximum atomic E-state index is 12.3. The van der Waals surface area contributed by atoms with Crippen LogP contribution in [-0.4, -0.2) is 32.9 Å². The second-order valence-corrected chi connectivity index (χ2v) is 7.25. The molecule has 0 saturated heterocycles. The number of aliphatic imine (C=N–C) groups is 1. The van der Waals surface area contributed by atoms with Gasteiger partial charge in [-0.15, -0.1) is 0 Å². The van der Waals surface area contributed by atoms with Crippen LogP contribution in [0.5, 0.6) is 11.6 Å². The van der Waals surface area contributed by atoms with Crippen molar-refractivity contribution in [3.63, 3.8) is 0 Å². The molecule has 0 amide bonds. The molecule has 1 aromatic heterocycles. The number of aromatic nitrogens is 2. The number of nitrogens with zero attached hydrogens (tertiary/aromatic N) is 3. The smallest absolute Gasteiger partial charge is 0.335 e. The van der Waals surface area contributed by atoms with E-state index in [0.717, 1.165) is 10.8 Å². The van der Waals surface area contributed by atoms with E-state index in [1.54, 1.807) is 25.1 Å². The molecule has 160 valence electrons. The molecule has 3 aromatic rings. The molecule has 2 aromatic carbocycles. The van der Waals surface area contributed by atoms with Gasteiger partial charge in [0, 0.05) is 16.8 Å². The fourth-order valence-electron chi connectivity index (χ4n) is 2.95. The molecule has 0 fully saturated rings. The normalized spacial score (nSPS) is 11.1. The molecule has 0 unspecified atom stereocenters. The number of aromatic hydroxyl groups is 1. The standard InChI is InChI=1S/C20H17BrN4O6/c1-3-11-8-12(21)9-16(25(29)30)17(11)22-10-15-18(26)23-20(28)24(19(15)27)13-4-6-14(31-2)7-5-13/h4-10,27H,3H2,1-2H3,(H,23,26,28). The topological polar surface area (TPSA) is 140 Å². The van der Waals surface area contributed by atoms with Crippen molar-refractivity contribution in [3.05, 3.63) is 83.0 Å². The van der Waals surface area contributed by atoms with Crippen molar-refractivity contribution in [1.29, 1.82) is 0 Å². The van der Waals surface area contributed by atoms with Gasteiger partial charge in [0.25, 0.3) is 11.2 Å². The zero-order chi connectivity index (χ0) is 22.7. The van der Waals surface area contributed by atoms with Gasteiger partial charge < -0.3 is 9.84 Å². The SMILES string of the molecule is CCc1cc(Br)cc([N+](=O)[O-])c1N=Cc1c(O)n(-c2ccc(OC)cc2)c(=O)[nH]c1=O. The maximum Gasteiger partial charge on any atom is 0.335 e. The van der Waals surface area contributed by atoms with Crippen molar-refractivity contribution >= 4 is 33.5 Å². The zero-order valence-electron chi connectivity index (χ0n) is 16.5. The fourth-order valence-corrected chi connectivity index (χ4v) is 3.45. The van der Waals surface area contributed by atoms with Crippen LogP contribution in [0.15, 0.2) is 55.5 Å². The number of ether oxygens (including phenoxy) is 1. The van der Waals surface area contributed by atoms with E-state index < -0.39 is 22.1 Å². The number of nitro benzene ring substituents is 1. The summed E-state index contributed by atoms with van der Waals surface area (Å²) in [5.41, 5.74) is -1.43. The maximum absolute atomic E-state index is 12.3.